The van der Waals surface area contributed by atoms with E-state index in [4.69, 9.17) is 0 Å². The Bertz CT molecular complexity index is 829. The van der Waals surface area contributed by atoms with Crippen LogP contribution in [0, 0.1) is 0 Å². The number of benzene rings is 2. The lowest BCUT2D eigenvalue weighted by Crippen LogP contribution is -2.14. The van der Waals surface area contributed by atoms with Gasteiger partial charge in [-0.15, -0.1) is 0 Å². The lowest BCUT2D eigenvalue weighted by Gasteiger charge is -2.10. The summed E-state index contributed by atoms with van der Waals surface area (Å²) in [6.45, 7) is 0. The third kappa shape index (κ3) is 3.81. The van der Waals surface area contributed by atoms with Crippen LogP contribution in [0.2, 0.25) is 0 Å². The van der Waals surface area contributed by atoms with Gasteiger partial charge in [-0.05, 0) is 30.3 Å². The molecule has 0 amide bonds. The summed E-state index contributed by atoms with van der Waals surface area (Å²) >= 11 is 0. The van der Waals surface area contributed by atoms with E-state index in [1.54, 1.807) is 6.07 Å². The molecule has 0 heterocycles. The zero-order chi connectivity index (χ0) is 17.3. The standard InChI is InChI=1S/C14H9F3O5S/c15-14(16,17)9-6-7-11(12(18)8-9)13(19)22-23(20,21)10-4-2-1-3-5-10/h1-8,18H. The second-order valence-corrected chi connectivity index (χ2v) is 5.91. The Morgan fingerprint density at radius 1 is 1.04 bits per heavy atom. The van der Waals surface area contributed by atoms with Gasteiger partial charge in [-0.25, -0.2) is 4.79 Å². The van der Waals surface area contributed by atoms with Crippen molar-refractivity contribution in [1.29, 1.82) is 0 Å². The highest BCUT2D eigenvalue weighted by Gasteiger charge is 2.32. The Labute approximate surface area is 129 Å². The normalized spacial score (nSPS) is 12.0. The molecule has 2 aromatic carbocycles. The lowest BCUT2D eigenvalue weighted by atomic mass is 10.1. The molecular formula is C14H9F3O5S. The Morgan fingerprint density at radius 3 is 2.17 bits per heavy atom. The molecule has 0 aliphatic carbocycles. The maximum absolute atomic E-state index is 12.5. The molecule has 0 radical (unpaired) electrons. The maximum atomic E-state index is 12.5. The molecule has 0 aliphatic heterocycles. The Kier molecular flexibility index (Phi) is 4.33. The first-order valence-corrected chi connectivity index (χ1v) is 7.46. The SMILES string of the molecule is O=C(OS(=O)(=O)c1ccccc1)c1ccc(C(F)(F)F)cc1O. The van der Waals surface area contributed by atoms with Crippen LogP contribution < -0.4 is 0 Å². The zero-order valence-electron chi connectivity index (χ0n) is 11.2. The minimum atomic E-state index is -4.71. The summed E-state index contributed by atoms with van der Waals surface area (Å²) in [4.78, 5) is 11.5. The number of hydrogen-bond acceptors (Lipinski definition) is 5. The van der Waals surface area contributed by atoms with E-state index in [9.17, 15) is 31.5 Å². The van der Waals surface area contributed by atoms with Crippen LogP contribution >= 0.6 is 0 Å². The second kappa shape index (κ2) is 5.92. The number of phenolic OH excluding ortho intramolecular Hbond substituents is 1. The van der Waals surface area contributed by atoms with Gasteiger partial charge < -0.3 is 9.29 Å². The first kappa shape index (κ1) is 16.8. The third-order valence-electron chi connectivity index (χ3n) is 2.76. The van der Waals surface area contributed by atoms with E-state index in [-0.39, 0.29) is 4.90 Å². The van der Waals surface area contributed by atoms with Crippen molar-refractivity contribution in [2.45, 2.75) is 11.1 Å². The van der Waals surface area contributed by atoms with E-state index in [0.29, 0.717) is 18.2 Å². The number of alkyl halides is 3. The van der Waals surface area contributed by atoms with E-state index in [0.717, 1.165) is 0 Å². The van der Waals surface area contributed by atoms with Crippen molar-refractivity contribution in [3.8, 4) is 5.75 Å². The Hall–Kier alpha value is -2.55. The topological polar surface area (TPSA) is 80.7 Å². The van der Waals surface area contributed by atoms with Crippen LogP contribution in [0.5, 0.6) is 5.75 Å². The fraction of sp³-hybridized carbons (Fsp3) is 0.0714. The van der Waals surface area contributed by atoms with Crippen LogP contribution in [-0.2, 0) is 20.5 Å². The number of carbonyl (C=O) groups excluding carboxylic acids is 1. The first-order chi connectivity index (χ1) is 10.6. The van der Waals surface area contributed by atoms with Crippen molar-refractivity contribution in [2.24, 2.45) is 0 Å². The highest BCUT2D eigenvalue weighted by atomic mass is 32.2. The average Bonchev–Trinajstić information content (AvgIpc) is 2.46. The predicted octanol–water partition coefficient (Wildman–Crippen LogP) is 2.96. The number of phenols is 1. The van der Waals surface area contributed by atoms with Crippen LogP contribution in [0.1, 0.15) is 15.9 Å². The quantitative estimate of drug-likeness (QED) is 0.864. The van der Waals surface area contributed by atoms with Crippen molar-refractivity contribution in [2.75, 3.05) is 0 Å². The molecule has 5 nitrogen and oxygen atoms in total. The van der Waals surface area contributed by atoms with Crippen molar-refractivity contribution < 1.29 is 35.7 Å². The van der Waals surface area contributed by atoms with Gasteiger partial charge in [0.25, 0.3) is 0 Å². The predicted molar refractivity (Wildman–Crippen MR) is 72.2 cm³/mol. The van der Waals surface area contributed by atoms with E-state index >= 15 is 0 Å². The van der Waals surface area contributed by atoms with Crippen molar-refractivity contribution in [3.05, 3.63) is 59.7 Å². The van der Waals surface area contributed by atoms with Gasteiger partial charge in [0, 0.05) is 0 Å². The minimum Gasteiger partial charge on any atom is -0.507 e. The van der Waals surface area contributed by atoms with Gasteiger partial charge in [0.05, 0.1) is 5.56 Å². The monoisotopic (exact) mass is 346 g/mol. The van der Waals surface area contributed by atoms with Gasteiger partial charge in [0.15, 0.2) is 0 Å². The van der Waals surface area contributed by atoms with Crippen molar-refractivity contribution >= 4 is 16.1 Å². The van der Waals surface area contributed by atoms with Crippen LogP contribution in [0.25, 0.3) is 0 Å². The minimum absolute atomic E-state index is 0.306. The molecule has 9 heteroatoms. The number of aromatic hydroxyl groups is 1. The summed E-state index contributed by atoms with van der Waals surface area (Å²) in [5.41, 5.74) is -1.88. The number of rotatable bonds is 3. The van der Waals surface area contributed by atoms with Crippen molar-refractivity contribution in [3.63, 3.8) is 0 Å². The number of hydrogen-bond donors (Lipinski definition) is 1. The molecule has 23 heavy (non-hydrogen) atoms. The van der Waals surface area contributed by atoms with Gasteiger partial charge in [-0.2, -0.15) is 21.6 Å². The largest absolute Gasteiger partial charge is 0.507 e. The molecule has 122 valence electrons. The van der Waals surface area contributed by atoms with Gasteiger partial charge in [-0.1, -0.05) is 18.2 Å². The molecule has 1 N–H and O–H groups in total. The molecule has 0 atom stereocenters. The fourth-order valence-corrected chi connectivity index (χ4v) is 2.54. The van der Waals surface area contributed by atoms with Gasteiger partial charge in [0.1, 0.15) is 16.2 Å². The molecule has 0 spiro atoms. The summed E-state index contributed by atoms with van der Waals surface area (Å²) in [7, 11) is -4.45. The molecule has 0 bridgehead atoms. The fourth-order valence-electron chi connectivity index (χ4n) is 1.66. The molecule has 0 saturated carbocycles. The Balaban J connectivity index is 2.28. The smallest absolute Gasteiger partial charge is 0.416 e. The van der Waals surface area contributed by atoms with E-state index in [1.165, 1.54) is 24.3 Å². The highest BCUT2D eigenvalue weighted by molar-refractivity contribution is 7.87. The molecule has 2 aromatic rings. The van der Waals surface area contributed by atoms with Crippen LogP contribution in [0.4, 0.5) is 13.2 Å². The van der Waals surface area contributed by atoms with Crippen LogP contribution in [-0.4, -0.2) is 19.5 Å². The molecule has 0 unspecified atom stereocenters. The summed E-state index contributed by atoms with van der Waals surface area (Å²) in [5.74, 6) is -2.52. The summed E-state index contributed by atoms with van der Waals surface area (Å²) in [6, 6.07) is 8.18. The first-order valence-electron chi connectivity index (χ1n) is 6.05. The van der Waals surface area contributed by atoms with Gasteiger partial charge in [0.2, 0.25) is 0 Å². The van der Waals surface area contributed by atoms with E-state index < -0.39 is 39.1 Å². The zero-order valence-corrected chi connectivity index (χ0v) is 12.1. The molecular weight excluding hydrogens is 337 g/mol. The summed E-state index contributed by atoms with van der Waals surface area (Å²) in [6.07, 6.45) is -4.71. The second-order valence-electron chi connectivity index (χ2n) is 4.37. The molecule has 2 rings (SSSR count). The third-order valence-corrected chi connectivity index (χ3v) is 3.98. The van der Waals surface area contributed by atoms with Gasteiger partial charge >= 0.3 is 22.3 Å². The Morgan fingerprint density at radius 2 is 1.65 bits per heavy atom. The number of halogens is 3. The molecule has 0 saturated heterocycles. The lowest BCUT2D eigenvalue weighted by molar-refractivity contribution is -0.137. The van der Waals surface area contributed by atoms with E-state index in [1.807, 2.05) is 0 Å². The summed E-state index contributed by atoms with van der Waals surface area (Å²) < 4.78 is 65.4. The molecule has 0 aromatic heterocycles. The van der Waals surface area contributed by atoms with E-state index in [2.05, 4.69) is 4.18 Å². The molecule has 0 fully saturated rings. The highest BCUT2D eigenvalue weighted by Crippen LogP contribution is 2.33. The average molecular weight is 346 g/mol. The van der Waals surface area contributed by atoms with Crippen molar-refractivity contribution in [1.82, 2.24) is 0 Å². The molecule has 0 aliphatic rings. The number of carbonyl (C=O) groups is 1. The maximum Gasteiger partial charge on any atom is 0.416 e. The van der Waals surface area contributed by atoms with Crippen LogP contribution in [0.15, 0.2) is 53.4 Å². The van der Waals surface area contributed by atoms with Gasteiger partial charge in [-0.3, -0.25) is 0 Å². The van der Waals surface area contributed by atoms with Crippen LogP contribution in [0.3, 0.4) is 0 Å². The summed E-state index contributed by atoms with van der Waals surface area (Å²) in [5, 5.41) is 9.50.